The quantitative estimate of drug-likeness (QED) is 0.494. The van der Waals surface area contributed by atoms with Gasteiger partial charge in [-0.3, -0.25) is 4.79 Å². The molecule has 0 saturated carbocycles. The van der Waals surface area contributed by atoms with Gasteiger partial charge in [-0.05, 0) is 48.6 Å². The first-order valence-corrected chi connectivity index (χ1v) is 9.83. The van der Waals surface area contributed by atoms with Crippen LogP contribution < -0.4 is 15.8 Å². The third-order valence-electron chi connectivity index (χ3n) is 4.53. The Kier molecular flexibility index (Phi) is 8.07. The second-order valence-electron chi connectivity index (χ2n) is 7.31. The van der Waals surface area contributed by atoms with Gasteiger partial charge >= 0.3 is 5.97 Å². The zero-order valence-electron chi connectivity index (χ0n) is 17.5. The smallest absolute Gasteiger partial charge is 0.341 e. The van der Waals surface area contributed by atoms with E-state index in [1.807, 2.05) is 31.2 Å². The molecule has 2 aromatic rings. The normalized spacial score (nSPS) is 11.8. The number of rotatable bonds is 9. The first-order valence-electron chi connectivity index (χ1n) is 9.83. The molecule has 0 saturated heterocycles. The Morgan fingerprint density at radius 3 is 2.48 bits per heavy atom. The summed E-state index contributed by atoms with van der Waals surface area (Å²) < 4.78 is 10.3. The van der Waals surface area contributed by atoms with E-state index >= 15 is 0 Å². The largest absolute Gasteiger partial charge is 0.493 e. The minimum atomic E-state index is -0.471. The molecule has 0 bridgehead atoms. The van der Waals surface area contributed by atoms with E-state index in [1.165, 1.54) is 7.11 Å². The lowest BCUT2D eigenvalue weighted by Crippen LogP contribution is -2.31. The first-order chi connectivity index (χ1) is 13.8. The fourth-order valence-electron chi connectivity index (χ4n) is 3.22. The number of hydrogen-bond donors (Lipinski definition) is 2. The van der Waals surface area contributed by atoms with E-state index in [1.54, 1.807) is 18.2 Å². The monoisotopic (exact) mass is 398 g/mol. The number of nitrogens with one attached hydrogen (secondary N) is 1. The van der Waals surface area contributed by atoms with E-state index in [0.29, 0.717) is 29.5 Å². The summed E-state index contributed by atoms with van der Waals surface area (Å²) in [5.74, 6) is 0.215. The maximum absolute atomic E-state index is 12.7. The molecule has 3 N–H and O–H groups in total. The average molecular weight is 399 g/mol. The highest BCUT2D eigenvalue weighted by molar-refractivity contribution is 5.92. The van der Waals surface area contributed by atoms with Crippen LogP contribution in [0, 0.1) is 5.92 Å². The lowest BCUT2D eigenvalue weighted by Gasteiger charge is -2.22. The molecule has 0 aliphatic heterocycles. The number of amides is 1. The topological polar surface area (TPSA) is 90.6 Å². The molecule has 1 atom stereocenters. The average Bonchev–Trinajstić information content (AvgIpc) is 2.67. The van der Waals surface area contributed by atoms with Crippen LogP contribution in [0.25, 0.3) is 0 Å². The fraction of sp³-hybridized carbons (Fsp3) is 0.391. The van der Waals surface area contributed by atoms with Gasteiger partial charge in [-0.25, -0.2) is 4.79 Å². The lowest BCUT2D eigenvalue weighted by atomic mass is 9.95. The van der Waals surface area contributed by atoms with Crippen molar-refractivity contribution in [2.75, 3.05) is 19.5 Å². The second kappa shape index (κ2) is 10.5. The Balaban J connectivity index is 2.18. The van der Waals surface area contributed by atoms with Crippen molar-refractivity contribution in [3.8, 4) is 5.75 Å². The van der Waals surface area contributed by atoms with Gasteiger partial charge in [0.05, 0.1) is 26.2 Å². The van der Waals surface area contributed by atoms with E-state index in [4.69, 9.17) is 15.2 Å². The van der Waals surface area contributed by atoms with Crippen molar-refractivity contribution in [3.63, 3.8) is 0 Å². The van der Waals surface area contributed by atoms with Crippen molar-refractivity contribution in [1.82, 2.24) is 5.32 Å². The number of carbonyl (C=O) groups excluding carboxylic acids is 2. The Bertz CT molecular complexity index is 849. The van der Waals surface area contributed by atoms with Crippen LogP contribution in [0.1, 0.15) is 54.7 Å². The zero-order valence-corrected chi connectivity index (χ0v) is 17.5. The predicted octanol–water partition coefficient (Wildman–Crippen LogP) is 3.90. The molecule has 156 valence electrons. The van der Waals surface area contributed by atoms with E-state index < -0.39 is 5.97 Å². The summed E-state index contributed by atoms with van der Waals surface area (Å²) in [6.45, 7) is 6.46. The van der Waals surface area contributed by atoms with Crippen LogP contribution >= 0.6 is 0 Å². The predicted molar refractivity (Wildman–Crippen MR) is 114 cm³/mol. The maximum Gasteiger partial charge on any atom is 0.341 e. The third-order valence-corrected chi connectivity index (χ3v) is 4.53. The molecule has 0 aliphatic rings. The molecule has 6 nitrogen and oxygen atoms in total. The summed E-state index contributed by atoms with van der Waals surface area (Å²) in [6.07, 6.45) is 0.953. The number of nitrogens with two attached hydrogens (primary N) is 1. The fourth-order valence-corrected chi connectivity index (χ4v) is 3.22. The van der Waals surface area contributed by atoms with Gasteiger partial charge in [0.25, 0.3) is 0 Å². The summed E-state index contributed by atoms with van der Waals surface area (Å²) >= 11 is 0. The number of hydrogen-bond acceptors (Lipinski definition) is 5. The van der Waals surface area contributed by atoms with Crippen LogP contribution in [0.15, 0.2) is 42.5 Å². The highest BCUT2D eigenvalue weighted by Crippen LogP contribution is 2.27. The van der Waals surface area contributed by atoms with Gasteiger partial charge in [0.2, 0.25) is 5.91 Å². The van der Waals surface area contributed by atoms with Crippen LogP contribution in [0.2, 0.25) is 0 Å². The molecule has 0 spiro atoms. The Labute approximate surface area is 172 Å². The lowest BCUT2D eigenvalue weighted by molar-refractivity contribution is -0.121. The van der Waals surface area contributed by atoms with Crippen molar-refractivity contribution in [1.29, 1.82) is 0 Å². The minimum Gasteiger partial charge on any atom is -0.493 e. The van der Waals surface area contributed by atoms with Gasteiger partial charge in [0.15, 0.2) is 0 Å². The summed E-state index contributed by atoms with van der Waals surface area (Å²) in [5, 5.41) is 3.10. The Morgan fingerprint density at radius 2 is 1.86 bits per heavy atom. The number of benzene rings is 2. The molecular weight excluding hydrogens is 368 g/mol. The van der Waals surface area contributed by atoms with E-state index in [0.717, 1.165) is 17.5 Å². The molecule has 2 rings (SSSR count). The minimum absolute atomic E-state index is 0.118. The van der Waals surface area contributed by atoms with E-state index in [-0.39, 0.29) is 18.4 Å². The van der Waals surface area contributed by atoms with Crippen molar-refractivity contribution >= 4 is 17.6 Å². The number of carbonyl (C=O) groups is 2. The molecule has 0 aromatic heterocycles. The zero-order chi connectivity index (χ0) is 21.4. The number of methoxy groups -OCH3 is 1. The number of para-hydroxylation sites is 1. The number of ether oxygens (including phenoxy) is 2. The number of nitrogen functional groups attached to an aromatic ring is 1. The summed E-state index contributed by atoms with van der Waals surface area (Å²) in [4.78, 5) is 24.6. The van der Waals surface area contributed by atoms with Gasteiger partial charge in [-0.2, -0.15) is 0 Å². The molecule has 0 radical (unpaired) electrons. The molecule has 0 heterocycles. The molecule has 0 aliphatic carbocycles. The summed E-state index contributed by atoms with van der Waals surface area (Å²) in [5.41, 5.74) is 8.81. The standard InChI is InChI=1S/C23H30N2O4/c1-5-29-21-13-16(10-11-18(21)23(27)28-4)14-22(26)25-20(12-15(2)3)17-8-6-7-9-19(17)24/h6-11,13,15,20H,5,12,14,24H2,1-4H3,(H,25,26)/t20-/m1/s1. The summed E-state index contributed by atoms with van der Waals surface area (Å²) in [6, 6.07) is 12.5. The molecule has 0 unspecified atom stereocenters. The molecule has 2 aromatic carbocycles. The second-order valence-corrected chi connectivity index (χ2v) is 7.31. The van der Waals surface area contributed by atoms with Crippen molar-refractivity contribution in [2.45, 2.75) is 39.7 Å². The Morgan fingerprint density at radius 1 is 1.14 bits per heavy atom. The van der Waals surface area contributed by atoms with Gasteiger partial charge in [0.1, 0.15) is 11.3 Å². The van der Waals surface area contributed by atoms with Gasteiger partial charge in [0, 0.05) is 5.69 Å². The van der Waals surface area contributed by atoms with Gasteiger partial charge in [-0.1, -0.05) is 38.1 Å². The van der Waals surface area contributed by atoms with Crippen LogP contribution in [0.3, 0.4) is 0 Å². The number of esters is 1. The van der Waals surface area contributed by atoms with Crippen LogP contribution in [0.5, 0.6) is 5.75 Å². The molecule has 29 heavy (non-hydrogen) atoms. The van der Waals surface area contributed by atoms with E-state index in [2.05, 4.69) is 19.2 Å². The maximum atomic E-state index is 12.7. The van der Waals surface area contributed by atoms with Gasteiger partial charge in [-0.15, -0.1) is 0 Å². The molecular formula is C23H30N2O4. The van der Waals surface area contributed by atoms with Crippen molar-refractivity contribution < 1.29 is 19.1 Å². The number of anilines is 1. The van der Waals surface area contributed by atoms with Crippen molar-refractivity contribution in [3.05, 3.63) is 59.2 Å². The SMILES string of the molecule is CCOc1cc(CC(=O)N[C@H](CC(C)C)c2ccccc2N)ccc1C(=O)OC. The van der Waals surface area contributed by atoms with Crippen LogP contribution in [-0.2, 0) is 16.0 Å². The molecule has 6 heteroatoms. The summed E-state index contributed by atoms with van der Waals surface area (Å²) in [7, 11) is 1.32. The Hall–Kier alpha value is -3.02. The third kappa shape index (κ3) is 6.24. The highest BCUT2D eigenvalue weighted by atomic mass is 16.5. The van der Waals surface area contributed by atoms with Crippen molar-refractivity contribution in [2.24, 2.45) is 5.92 Å². The molecule has 1 amide bonds. The van der Waals surface area contributed by atoms with Gasteiger partial charge < -0.3 is 20.5 Å². The van der Waals surface area contributed by atoms with Crippen LogP contribution in [0.4, 0.5) is 5.69 Å². The molecule has 0 fully saturated rings. The van der Waals surface area contributed by atoms with E-state index in [9.17, 15) is 9.59 Å². The van der Waals surface area contributed by atoms with Crippen LogP contribution in [-0.4, -0.2) is 25.6 Å². The highest BCUT2D eigenvalue weighted by Gasteiger charge is 2.19. The first kappa shape index (κ1) is 22.3.